The maximum Gasteiger partial charge on any atom is 0.191 e. The largest absolute Gasteiger partial charge is 0.493 e. The van der Waals surface area contributed by atoms with Gasteiger partial charge in [0.15, 0.2) is 17.5 Å². The summed E-state index contributed by atoms with van der Waals surface area (Å²) in [7, 11) is 3.25. The predicted octanol–water partition coefficient (Wildman–Crippen LogP) is 1.52. The fourth-order valence-corrected chi connectivity index (χ4v) is 2.43. The van der Waals surface area contributed by atoms with Gasteiger partial charge in [-0.2, -0.15) is 0 Å². The smallest absolute Gasteiger partial charge is 0.191 e. The minimum absolute atomic E-state index is 0.685. The summed E-state index contributed by atoms with van der Waals surface area (Å²) in [5.41, 5.74) is 1.09. The van der Waals surface area contributed by atoms with Crippen molar-refractivity contribution >= 4 is 21.9 Å². The number of hydrogen-bond donors (Lipinski definition) is 2. The molecule has 0 aliphatic carbocycles. The van der Waals surface area contributed by atoms with Gasteiger partial charge in [-0.15, -0.1) is 0 Å². The summed E-state index contributed by atoms with van der Waals surface area (Å²) in [5, 5.41) is 6.40. The number of nitrogens with zero attached hydrogens (tertiary/aromatic N) is 1. The zero-order valence-corrected chi connectivity index (χ0v) is 12.0. The summed E-state index contributed by atoms with van der Waals surface area (Å²) in [6.45, 7) is 2.42. The van der Waals surface area contributed by atoms with E-state index in [1.54, 1.807) is 14.2 Å². The van der Waals surface area contributed by atoms with Crippen LogP contribution in [0.4, 0.5) is 0 Å². The highest BCUT2D eigenvalue weighted by molar-refractivity contribution is 9.10. The molecule has 5 nitrogen and oxygen atoms in total. The van der Waals surface area contributed by atoms with Gasteiger partial charge in [-0.25, -0.2) is 0 Å². The molecule has 2 N–H and O–H groups in total. The Kier molecular flexibility index (Phi) is 4.30. The molecule has 0 radical (unpaired) electrons. The van der Waals surface area contributed by atoms with E-state index in [1.165, 1.54) is 0 Å². The van der Waals surface area contributed by atoms with E-state index in [1.807, 2.05) is 12.1 Å². The molecule has 0 amide bonds. The molecular formula is C12H16BrN3O2. The third kappa shape index (κ3) is 2.87. The van der Waals surface area contributed by atoms with Crippen molar-refractivity contribution < 1.29 is 9.47 Å². The van der Waals surface area contributed by atoms with Crippen molar-refractivity contribution in [1.29, 1.82) is 0 Å². The summed E-state index contributed by atoms with van der Waals surface area (Å²) < 4.78 is 11.4. The van der Waals surface area contributed by atoms with E-state index >= 15 is 0 Å². The molecule has 1 aliphatic rings. The van der Waals surface area contributed by atoms with Gasteiger partial charge in [0.05, 0.1) is 25.2 Å². The monoisotopic (exact) mass is 313 g/mol. The van der Waals surface area contributed by atoms with Gasteiger partial charge in [0.2, 0.25) is 0 Å². The van der Waals surface area contributed by atoms with Gasteiger partial charge in [-0.1, -0.05) is 0 Å². The SMILES string of the molecule is COc1cc(CNC2=NCCN2)cc(Br)c1OC. The lowest BCUT2D eigenvalue weighted by molar-refractivity contribution is 0.352. The summed E-state index contributed by atoms with van der Waals surface area (Å²) in [5.74, 6) is 2.27. The van der Waals surface area contributed by atoms with Crippen molar-refractivity contribution in [1.82, 2.24) is 10.6 Å². The number of benzene rings is 1. The lowest BCUT2D eigenvalue weighted by atomic mass is 10.2. The van der Waals surface area contributed by atoms with Gasteiger partial charge >= 0.3 is 0 Å². The normalized spacial score (nSPS) is 13.8. The molecule has 1 heterocycles. The number of hydrogen-bond acceptors (Lipinski definition) is 5. The van der Waals surface area contributed by atoms with Gasteiger partial charge in [-0.3, -0.25) is 4.99 Å². The quantitative estimate of drug-likeness (QED) is 0.885. The van der Waals surface area contributed by atoms with E-state index in [-0.39, 0.29) is 0 Å². The highest BCUT2D eigenvalue weighted by atomic mass is 79.9. The van der Waals surface area contributed by atoms with Gasteiger partial charge < -0.3 is 20.1 Å². The highest BCUT2D eigenvalue weighted by Gasteiger charge is 2.11. The van der Waals surface area contributed by atoms with Crippen LogP contribution in [-0.4, -0.2) is 33.3 Å². The summed E-state index contributed by atoms with van der Waals surface area (Å²) in [4.78, 5) is 4.28. The van der Waals surface area contributed by atoms with Gasteiger partial charge in [-0.05, 0) is 33.6 Å². The number of methoxy groups -OCH3 is 2. The van der Waals surface area contributed by atoms with Crippen molar-refractivity contribution in [2.24, 2.45) is 4.99 Å². The van der Waals surface area contributed by atoms with Crippen molar-refractivity contribution in [2.45, 2.75) is 6.54 Å². The molecule has 1 aromatic rings. The standard InChI is InChI=1S/C12H16BrN3O2/c1-17-10-6-8(5-9(13)11(10)18-2)7-16-12-14-3-4-15-12/h5-6H,3-4,7H2,1-2H3,(H2,14,15,16). The first-order chi connectivity index (χ1) is 8.74. The van der Waals surface area contributed by atoms with Crippen molar-refractivity contribution in [3.05, 3.63) is 22.2 Å². The number of rotatable bonds is 4. The molecule has 0 saturated heterocycles. The fraction of sp³-hybridized carbons (Fsp3) is 0.417. The maximum absolute atomic E-state index is 5.30. The second-order valence-electron chi connectivity index (χ2n) is 3.82. The van der Waals surface area contributed by atoms with Crippen LogP contribution in [0.15, 0.2) is 21.6 Å². The Bertz CT molecular complexity index is 463. The zero-order valence-electron chi connectivity index (χ0n) is 10.4. The van der Waals surface area contributed by atoms with Gasteiger partial charge in [0.25, 0.3) is 0 Å². The Labute approximate surface area is 115 Å². The van der Waals surface area contributed by atoms with Crippen LogP contribution in [0.2, 0.25) is 0 Å². The van der Waals surface area contributed by atoms with Crippen LogP contribution in [0, 0.1) is 0 Å². The van der Waals surface area contributed by atoms with Crippen molar-refractivity contribution in [3.8, 4) is 11.5 Å². The Morgan fingerprint density at radius 3 is 2.83 bits per heavy atom. The minimum Gasteiger partial charge on any atom is -0.493 e. The van der Waals surface area contributed by atoms with Crippen LogP contribution in [0.3, 0.4) is 0 Å². The molecule has 1 aromatic carbocycles. The Morgan fingerprint density at radius 2 is 2.22 bits per heavy atom. The van der Waals surface area contributed by atoms with Crippen molar-refractivity contribution in [3.63, 3.8) is 0 Å². The predicted molar refractivity (Wildman–Crippen MR) is 74.4 cm³/mol. The fourth-order valence-electron chi connectivity index (χ4n) is 1.78. The topological polar surface area (TPSA) is 54.9 Å². The Hall–Kier alpha value is -1.43. The van der Waals surface area contributed by atoms with E-state index in [9.17, 15) is 0 Å². The van der Waals surface area contributed by atoms with Crippen molar-refractivity contribution in [2.75, 3.05) is 27.3 Å². The molecule has 0 aromatic heterocycles. The third-order valence-corrected chi connectivity index (χ3v) is 3.22. The average Bonchev–Trinajstić information content (AvgIpc) is 2.88. The Balaban J connectivity index is 2.10. The van der Waals surface area contributed by atoms with E-state index in [0.29, 0.717) is 18.0 Å². The van der Waals surface area contributed by atoms with Crippen LogP contribution in [0.1, 0.15) is 5.56 Å². The van der Waals surface area contributed by atoms with Gasteiger partial charge in [0.1, 0.15) is 0 Å². The molecule has 1 aliphatic heterocycles. The van der Waals surface area contributed by atoms with E-state index in [0.717, 1.165) is 29.1 Å². The highest BCUT2D eigenvalue weighted by Crippen LogP contribution is 2.36. The number of nitrogens with one attached hydrogen (secondary N) is 2. The van der Waals surface area contributed by atoms with Crippen LogP contribution >= 0.6 is 15.9 Å². The molecule has 6 heteroatoms. The summed E-state index contributed by atoms with van der Waals surface area (Å²) in [6, 6.07) is 3.95. The third-order valence-electron chi connectivity index (χ3n) is 2.63. The minimum atomic E-state index is 0.685. The van der Waals surface area contributed by atoms with Gasteiger partial charge in [0, 0.05) is 13.1 Å². The Morgan fingerprint density at radius 1 is 1.39 bits per heavy atom. The molecule has 18 heavy (non-hydrogen) atoms. The first-order valence-corrected chi connectivity index (χ1v) is 6.46. The summed E-state index contributed by atoms with van der Waals surface area (Å²) in [6.07, 6.45) is 0. The lowest BCUT2D eigenvalue weighted by Crippen LogP contribution is -2.33. The molecule has 0 saturated carbocycles. The van der Waals surface area contributed by atoms with Crippen LogP contribution in [-0.2, 0) is 6.54 Å². The van der Waals surface area contributed by atoms with E-state index < -0.39 is 0 Å². The molecule has 0 fully saturated rings. The molecule has 2 rings (SSSR count). The first kappa shape index (κ1) is 13.0. The van der Waals surface area contributed by atoms with E-state index in [2.05, 4.69) is 31.6 Å². The number of ether oxygens (including phenoxy) is 2. The summed E-state index contributed by atoms with van der Waals surface area (Å²) >= 11 is 3.47. The number of guanidine groups is 1. The first-order valence-electron chi connectivity index (χ1n) is 5.67. The molecule has 0 atom stereocenters. The van der Waals surface area contributed by atoms with Crippen LogP contribution in [0.25, 0.3) is 0 Å². The molecule has 98 valence electrons. The maximum atomic E-state index is 5.30. The molecular weight excluding hydrogens is 298 g/mol. The van der Waals surface area contributed by atoms with E-state index in [4.69, 9.17) is 9.47 Å². The average molecular weight is 314 g/mol. The lowest BCUT2D eigenvalue weighted by Gasteiger charge is -2.13. The molecule has 0 unspecified atom stereocenters. The zero-order chi connectivity index (χ0) is 13.0. The number of halogens is 1. The second-order valence-corrected chi connectivity index (χ2v) is 4.68. The second kappa shape index (κ2) is 5.95. The van der Waals surface area contributed by atoms with Crippen LogP contribution < -0.4 is 20.1 Å². The molecule has 0 spiro atoms. The number of aliphatic imine (C=N–C) groups is 1. The molecule has 0 bridgehead atoms. The van der Waals surface area contributed by atoms with Crippen LogP contribution in [0.5, 0.6) is 11.5 Å².